The number of carboxylic acids is 1. The van der Waals surface area contributed by atoms with Crippen molar-refractivity contribution in [2.24, 2.45) is 18.9 Å². The average Bonchev–Trinajstić information content (AvgIpc) is 4.10. The molecule has 72 heavy (non-hydrogen) atoms. The number of nitrogens with one attached hydrogen (secondary N) is 3. The lowest BCUT2D eigenvalue weighted by Gasteiger charge is -2.34. The summed E-state index contributed by atoms with van der Waals surface area (Å²) < 4.78 is 9.29. The van der Waals surface area contributed by atoms with E-state index in [1.807, 2.05) is 110 Å². The van der Waals surface area contributed by atoms with Gasteiger partial charge in [0.1, 0.15) is 11.6 Å². The number of piperidine rings is 2. The lowest BCUT2D eigenvalue weighted by molar-refractivity contribution is -0.134. The second-order valence-electron chi connectivity index (χ2n) is 19.6. The minimum Gasteiger partial charge on any atom is -0.490 e. The third-order valence-electron chi connectivity index (χ3n) is 15.1. The minimum atomic E-state index is -1.12. The number of para-hydroxylation sites is 1. The van der Waals surface area contributed by atoms with Crippen molar-refractivity contribution in [1.29, 1.82) is 0 Å². The molecule has 0 bridgehead atoms. The van der Waals surface area contributed by atoms with Crippen LogP contribution in [0.4, 0.5) is 16.6 Å². The van der Waals surface area contributed by atoms with Gasteiger partial charge in [0.2, 0.25) is 17.7 Å². The van der Waals surface area contributed by atoms with E-state index in [9.17, 15) is 29.1 Å². The number of anilines is 3. The van der Waals surface area contributed by atoms with Crippen molar-refractivity contribution in [3.63, 3.8) is 0 Å². The fourth-order valence-corrected chi connectivity index (χ4v) is 12.2. The Hall–Kier alpha value is -7.50. The van der Waals surface area contributed by atoms with Crippen molar-refractivity contribution in [3.8, 4) is 16.9 Å². The molecule has 2 unspecified atom stereocenters. The third-order valence-corrected chi connectivity index (χ3v) is 16.0. The number of carboxylic acid groups (broad SMARTS) is 1. The number of hydrogen-bond acceptors (Lipinski definition) is 12. The zero-order valence-electron chi connectivity index (χ0n) is 40.2. The number of ether oxygens (including phenoxy) is 1. The molecular weight excluding hydrogens is 931 g/mol. The Morgan fingerprint density at radius 1 is 0.847 bits per heavy atom. The molecule has 11 rings (SSSR count). The van der Waals surface area contributed by atoms with E-state index in [0.29, 0.717) is 77.8 Å². The van der Waals surface area contributed by atoms with Crippen LogP contribution in [-0.2, 0) is 34.4 Å². The topological polar surface area (TPSA) is 201 Å². The van der Waals surface area contributed by atoms with Crippen molar-refractivity contribution >= 4 is 78.7 Å². The highest BCUT2D eigenvalue weighted by Crippen LogP contribution is 2.40. The number of fused-ring (bicyclic) bond motifs is 3. The summed E-state index contributed by atoms with van der Waals surface area (Å²) in [6.45, 7) is 5.00. The number of hydrogen-bond donors (Lipinski definition) is 4. The number of nitrogens with zero attached hydrogens (tertiary/aromatic N) is 6. The van der Waals surface area contributed by atoms with E-state index in [0.717, 1.165) is 94.3 Å². The Balaban J connectivity index is 0.674. The summed E-state index contributed by atoms with van der Waals surface area (Å²) >= 11 is 1.43. The molecule has 4 amide bonds. The maximum Gasteiger partial charge on any atom is 0.355 e. The van der Waals surface area contributed by atoms with Crippen molar-refractivity contribution in [3.05, 3.63) is 125 Å². The number of thiazole rings is 1. The van der Waals surface area contributed by atoms with E-state index in [4.69, 9.17) is 9.72 Å². The Labute approximate surface area is 419 Å². The average molecular weight is 986 g/mol. The number of benzene rings is 4. The predicted molar refractivity (Wildman–Crippen MR) is 276 cm³/mol. The molecule has 3 aromatic heterocycles. The molecule has 7 aromatic rings. The first-order valence-electron chi connectivity index (χ1n) is 24.8. The summed E-state index contributed by atoms with van der Waals surface area (Å²) in [7, 11) is 1.81. The number of imide groups is 1. The summed E-state index contributed by atoms with van der Waals surface area (Å²) in [4.78, 5) is 77.5. The van der Waals surface area contributed by atoms with Crippen molar-refractivity contribution in [1.82, 2.24) is 30.0 Å². The van der Waals surface area contributed by atoms with Gasteiger partial charge in [0.05, 0.1) is 40.0 Å². The van der Waals surface area contributed by atoms with Gasteiger partial charge in [0, 0.05) is 48.8 Å². The van der Waals surface area contributed by atoms with Crippen LogP contribution in [0, 0.1) is 18.8 Å². The van der Waals surface area contributed by atoms with Crippen LogP contribution in [0.2, 0.25) is 0 Å². The molecule has 4 N–H and O–H groups in total. The first kappa shape index (κ1) is 46.9. The molecule has 17 heteroatoms. The van der Waals surface area contributed by atoms with Gasteiger partial charge in [-0.3, -0.25) is 39.4 Å². The predicted octanol–water partition coefficient (Wildman–Crippen LogP) is 8.49. The number of carbonyl (C=O) groups is 5. The molecule has 16 nitrogen and oxygen atoms in total. The molecule has 3 fully saturated rings. The van der Waals surface area contributed by atoms with Crippen LogP contribution in [0.3, 0.4) is 0 Å². The Morgan fingerprint density at radius 2 is 1.68 bits per heavy atom. The van der Waals surface area contributed by atoms with Gasteiger partial charge >= 0.3 is 5.97 Å². The molecule has 368 valence electrons. The van der Waals surface area contributed by atoms with Crippen LogP contribution in [0.5, 0.6) is 5.75 Å². The number of aromatic carboxylic acids is 1. The van der Waals surface area contributed by atoms with Crippen molar-refractivity contribution in [2.75, 3.05) is 41.7 Å². The van der Waals surface area contributed by atoms with Gasteiger partial charge in [-0.15, -0.1) is 0 Å². The summed E-state index contributed by atoms with van der Waals surface area (Å²) in [5, 5.41) is 24.9. The zero-order chi connectivity index (χ0) is 49.6. The van der Waals surface area contributed by atoms with Gasteiger partial charge < -0.3 is 20.1 Å². The molecule has 4 aromatic carbocycles. The van der Waals surface area contributed by atoms with Gasteiger partial charge in [-0.1, -0.05) is 41.7 Å². The Bertz CT molecular complexity index is 3270. The lowest BCUT2D eigenvalue weighted by Crippen LogP contribution is -2.40. The second kappa shape index (κ2) is 19.6. The maximum atomic E-state index is 13.6. The summed E-state index contributed by atoms with van der Waals surface area (Å²) in [5.74, 6) is -0.0990. The van der Waals surface area contributed by atoms with E-state index >= 15 is 0 Å². The molecule has 1 aliphatic carbocycles. The fourth-order valence-electron chi connectivity index (χ4n) is 11.4. The Kier molecular flexibility index (Phi) is 12.8. The normalized spacial score (nSPS) is 19.6. The molecule has 3 aliphatic heterocycles. The van der Waals surface area contributed by atoms with Gasteiger partial charge in [-0.2, -0.15) is 5.10 Å². The van der Waals surface area contributed by atoms with Crippen LogP contribution in [-0.4, -0.2) is 91.6 Å². The highest BCUT2D eigenvalue weighted by Gasteiger charge is 2.35. The van der Waals surface area contributed by atoms with Gasteiger partial charge in [0.15, 0.2) is 10.8 Å². The van der Waals surface area contributed by atoms with E-state index in [1.165, 1.54) is 11.3 Å². The van der Waals surface area contributed by atoms with E-state index in [1.54, 1.807) is 4.68 Å². The monoisotopic (exact) mass is 985 g/mol. The van der Waals surface area contributed by atoms with Gasteiger partial charge in [-0.05, 0) is 160 Å². The largest absolute Gasteiger partial charge is 0.490 e. The number of rotatable bonds is 12. The molecular formula is C55H55N9O7S. The first-order chi connectivity index (χ1) is 34.9. The summed E-state index contributed by atoms with van der Waals surface area (Å²) in [5.41, 5.74) is 7.62. The van der Waals surface area contributed by atoms with E-state index in [-0.39, 0.29) is 41.8 Å². The first-order valence-corrected chi connectivity index (χ1v) is 25.6. The van der Waals surface area contributed by atoms with Crippen LogP contribution in [0.25, 0.3) is 32.2 Å². The van der Waals surface area contributed by atoms with Gasteiger partial charge in [-0.25, -0.2) is 14.8 Å². The quantitative estimate of drug-likeness (QED) is 0.0853. The van der Waals surface area contributed by atoms with Crippen molar-refractivity contribution < 1.29 is 33.8 Å². The molecule has 3 atom stereocenters. The van der Waals surface area contributed by atoms with Crippen LogP contribution in [0.1, 0.15) is 94.1 Å². The number of amides is 4. The molecule has 6 heterocycles. The van der Waals surface area contributed by atoms with E-state index in [2.05, 4.69) is 30.9 Å². The van der Waals surface area contributed by atoms with E-state index < -0.39 is 11.9 Å². The Morgan fingerprint density at radius 3 is 2.49 bits per heavy atom. The summed E-state index contributed by atoms with van der Waals surface area (Å²) in [6, 6.07) is 28.7. The second-order valence-corrected chi connectivity index (χ2v) is 20.7. The number of pyridine rings is 1. The number of aryl methyl sites for hydroxylation is 2. The van der Waals surface area contributed by atoms with Crippen molar-refractivity contribution in [2.45, 2.75) is 76.9 Å². The van der Waals surface area contributed by atoms with Crippen LogP contribution < -0.4 is 25.6 Å². The lowest BCUT2D eigenvalue weighted by atomic mass is 9.83. The van der Waals surface area contributed by atoms with Crippen LogP contribution >= 0.6 is 11.3 Å². The third kappa shape index (κ3) is 9.53. The highest BCUT2D eigenvalue weighted by atomic mass is 32.1. The summed E-state index contributed by atoms with van der Waals surface area (Å²) in [6.07, 6.45) is 6.55. The molecule has 1 saturated carbocycles. The molecule has 0 spiro atoms. The number of carbonyl (C=O) groups excluding carboxylic acids is 4. The zero-order valence-corrected chi connectivity index (χ0v) is 41.0. The highest BCUT2D eigenvalue weighted by molar-refractivity contribution is 7.22. The van der Waals surface area contributed by atoms with Crippen LogP contribution in [0.15, 0.2) is 91.0 Å². The molecule has 4 aliphatic rings. The minimum absolute atomic E-state index is 0.0339. The molecule has 0 radical (unpaired) electrons. The maximum absolute atomic E-state index is 13.6. The SMILES string of the molecule is Cc1cc(OC2CC[C@H](C3CCN(CC(=O)Nc4ccc5c(C6CCC(=O)NC6=O)nn(C)c5c4)CC3)C2)ccc1-c1ccc(N2CCc3cccc(C(=O)Nc4nc5ccccc5s4)c3C2)nc1C(=O)O. The fraction of sp³-hybridized carbons (Fsp3) is 0.345. The molecule has 2 saturated heterocycles. The smallest absolute Gasteiger partial charge is 0.355 e. The number of likely N-dealkylation sites (tertiary alicyclic amines) is 1. The number of aromatic nitrogens is 4. The standard InChI is InChI=1S/C55H55N9O7S/c1-31-26-36(71-37-12-10-34(27-37)32-20-23-63(24-21-32)30-49(66)56-35-11-14-41-45(28-35)62(2)61-50(41)42-17-19-48(65)59-53(42)68)13-15-38(31)39-16-18-47(58-51(39)54(69)70)64-25-22-33-6-5-7-40(43(33)29-64)52(67)60-55-57-44-8-3-4-9-46(44)72-55/h3-9,11,13-16,18,26,28,32,34,37,42H,10,12,17,19-25,27,29-30H2,1-2H3,(H,56,66)(H,69,70)(H,57,60,67)(H,59,65,68)/t34-,37?,42?/m0/s1. The van der Waals surface area contributed by atoms with Gasteiger partial charge in [0.25, 0.3) is 5.91 Å².